The van der Waals surface area contributed by atoms with Crippen LogP contribution in [0.4, 0.5) is 0 Å². The third-order valence-electron chi connectivity index (χ3n) is 8.23. The largest absolute Gasteiger partial charge is 0.493 e. The van der Waals surface area contributed by atoms with Gasteiger partial charge in [0.1, 0.15) is 0 Å². The maximum atomic E-state index is 12.5. The van der Waals surface area contributed by atoms with Crippen molar-refractivity contribution in [1.29, 1.82) is 0 Å². The number of ether oxygens (including phenoxy) is 2. The van der Waals surface area contributed by atoms with E-state index in [1.807, 2.05) is 18.2 Å². The lowest BCUT2D eigenvalue weighted by molar-refractivity contribution is -0.167. The number of hydrogen-bond donors (Lipinski definition) is 1. The second-order valence-electron chi connectivity index (χ2n) is 9.38. The number of aliphatic hydroxyl groups is 1. The first-order valence-electron chi connectivity index (χ1n) is 10.7. The Kier molecular flexibility index (Phi) is 3.04. The van der Waals surface area contributed by atoms with Crippen LogP contribution in [0.15, 0.2) is 42.5 Å². The number of methoxy groups -OCH3 is 1. The van der Waals surface area contributed by atoms with Crippen molar-refractivity contribution in [3.05, 3.63) is 64.8 Å². The first kappa shape index (κ1) is 17.1. The number of aromatic nitrogens is 1. The summed E-state index contributed by atoms with van der Waals surface area (Å²) in [5, 5.41) is 13.6. The van der Waals surface area contributed by atoms with Gasteiger partial charge in [0.25, 0.3) is 0 Å². The first-order valence-corrected chi connectivity index (χ1v) is 10.7. The standard InChI is InChI=1S/C25H24N2O3/c1-27-10-9-24-20-15-7-8-18(29-2)22(20)30-23(24)21-16(13-25(24,28)19(27)12-15)11-14-5-3-4-6-17(14)26-21/h3-8,11,19,23,28H,9-10,12-13H2,1-2H3/t19-,23?,24-,25?/m0/s1. The molecule has 4 atom stereocenters. The summed E-state index contributed by atoms with van der Waals surface area (Å²) in [7, 11) is 3.83. The van der Waals surface area contributed by atoms with Crippen molar-refractivity contribution in [3.8, 4) is 11.5 Å². The van der Waals surface area contributed by atoms with Gasteiger partial charge in [-0.3, -0.25) is 0 Å². The summed E-state index contributed by atoms with van der Waals surface area (Å²) in [6, 6.07) is 14.7. The zero-order valence-electron chi connectivity index (χ0n) is 17.2. The topological polar surface area (TPSA) is 54.8 Å². The number of nitrogens with zero attached hydrogens (tertiary/aromatic N) is 2. The zero-order valence-corrected chi connectivity index (χ0v) is 17.2. The van der Waals surface area contributed by atoms with E-state index in [0.29, 0.717) is 6.42 Å². The normalized spacial score (nSPS) is 33.0. The molecule has 0 radical (unpaired) electrons. The quantitative estimate of drug-likeness (QED) is 0.680. The van der Waals surface area contributed by atoms with Gasteiger partial charge in [-0.25, -0.2) is 4.98 Å². The monoisotopic (exact) mass is 400 g/mol. The zero-order chi connectivity index (χ0) is 20.3. The summed E-state index contributed by atoms with van der Waals surface area (Å²) in [5.41, 5.74) is 4.12. The fourth-order valence-electron chi connectivity index (χ4n) is 6.91. The molecule has 4 aliphatic rings. The van der Waals surface area contributed by atoms with Crippen molar-refractivity contribution in [2.45, 2.75) is 42.4 Å². The number of para-hydroxylation sites is 1. The van der Waals surface area contributed by atoms with Gasteiger partial charge in [0, 0.05) is 23.4 Å². The molecule has 1 saturated heterocycles. The second kappa shape index (κ2) is 5.34. The van der Waals surface area contributed by atoms with Gasteiger partial charge in [-0.1, -0.05) is 24.3 Å². The van der Waals surface area contributed by atoms with Crippen molar-refractivity contribution in [1.82, 2.24) is 9.88 Å². The van der Waals surface area contributed by atoms with Crippen LogP contribution in [0.2, 0.25) is 0 Å². The summed E-state index contributed by atoms with van der Waals surface area (Å²) >= 11 is 0. The molecule has 5 nitrogen and oxygen atoms in total. The van der Waals surface area contributed by atoms with Crippen LogP contribution in [0.5, 0.6) is 11.5 Å². The molecule has 1 N–H and O–H groups in total. The fraction of sp³-hybridized carbons (Fsp3) is 0.400. The van der Waals surface area contributed by atoms with Gasteiger partial charge < -0.3 is 19.5 Å². The van der Waals surface area contributed by atoms with Crippen molar-refractivity contribution in [3.63, 3.8) is 0 Å². The van der Waals surface area contributed by atoms with Crippen LogP contribution in [0.1, 0.15) is 34.9 Å². The van der Waals surface area contributed by atoms with Gasteiger partial charge in [0.05, 0.1) is 29.3 Å². The molecule has 0 saturated carbocycles. The molecule has 2 aromatic carbocycles. The molecule has 2 aliphatic heterocycles. The molecule has 0 amide bonds. The average molecular weight is 400 g/mol. The minimum Gasteiger partial charge on any atom is -0.493 e. The van der Waals surface area contributed by atoms with Gasteiger partial charge >= 0.3 is 0 Å². The Morgan fingerprint density at radius 2 is 2.07 bits per heavy atom. The van der Waals surface area contributed by atoms with Crippen LogP contribution in [-0.4, -0.2) is 47.3 Å². The van der Waals surface area contributed by atoms with E-state index in [1.165, 1.54) is 11.1 Å². The van der Waals surface area contributed by atoms with Gasteiger partial charge in [0.15, 0.2) is 17.6 Å². The van der Waals surface area contributed by atoms with E-state index < -0.39 is 11.0 Å². The van der Waals surface area contributed by atoms with E-state index in [4.69, 9.17) is 14.5 Å². The number of pyridine rings is 1. The van der Waals surface area contributed by atoms with E-state index in [9.17, 15) is 5.11 Å². The first-order chi connectivity index (χ1) is 14.6. The maximum absolute atomic E-state index is 12.5. The lowest BCUT2D eigenvalue weighted by atomic mass is 9.49. The Balaban J connectivity index is 1.58. The van der Waals surface area contributed by atoms with E-state index in [0.717, 1.165) is 53.0 Å². The number of likely N-dealkylation sites (N-methyl/N-ethyl adjacent to an activating group) is 1. The van der Waals surface area contributed by atoms with Crippen LogP contribution >= 0.6 is 0 Å². The molecule has 1 aromatic heterocycles. The summed E-state index contributed by atoms with van der Waals surface area (Å²) in [4.78, 5) is 7.43. The number of benzene rings is 2. The molecular weight excluding hydrogens is 376 g/mol. The predicted octanol–water partition coefficient (Wildman–Crippen LogP) is 3.16. The number of piperidine rings is 1. The van der Waals surface area contributed by atoms with Crippen LogP contribution in [0, 0.1) is 0 Å². The third-order valence-corrected chi connectivity index (χ3v) is 8.23. The Morgan fingerprint density at radius 3 is 2.93 bits per heavy atom. The van der Waals surface area contributed by atoms with E-state index >= 15 is 0 Å². The summed E-state index contributed by atoms with van der Waals surface area (Å²) in [6.45, 7) is 0.936. The molecular formula is C25H24N2O3. The highest BCUT2D eigenvalue weighted by molar-refractivity contribution is 5.80. The smallest absolute Gasteiger partial charge is 0.166 e. The van der Waals surface area contributed by atoms with Crippen molar-refractivity contribution in [2.24, 2.45) is 0 Å². The Labute approximate surface area is 175 Å². The lowest BCUT2D eigenvalue weighted by Crippen LogP contribution is -2.74. The van der Waals surface area contributed by atoms with Crippen LogP contribution in [0.3, 0.4) is 0 Å². The van der Waals surface area contributed by atoms with Crippen molar-refractivity contribution < 1.29 is 14.6 Å². The fourth-order valence-corrected chi connectivity index (χ4v) is 6.91. The van der Waals surface area contributed by atoms with E-state index in [2.05, 4.69) is 36.2 Å². The van der Waals surface area contributed by atoms with Crippen LogP contribution in [-0.2, 0) is 18.3 Å². The van der Waals surface area contributed by atoms with Crippen molar-refractivity contribution >= 4 is 10.9 Å². The molecule has 3 heterocycles. The number of fused-ring (bicyclic) bond motifs is 3. The van der Waals surface area contributed by atoms with E-state index in [-0.39, 0.29) is 12.1 Å². The van der Waals surface area contributed by atoms with Gasteiger partial charge in [0.2, 0.25) is 0 Å². The molecule has 2 bridgehead atoms. The maximum Gasteiger partial charge on any atom is 0.166 e. The Bertz CT molecular complexity index is 1240. The molecule has 2 unspecified atom stereocenters. The highest BCUT2D eigenvalue weighted by Crippen LogP contribution is 2.68. The second-order valence-corrected chi connectivity index (χ2v) is 9.38. The van der Waals surface area contributed by atoms with Gasteiger partial charge in [-0.05, 0) is 55.8 Å². The predicted molar refractivity (Wildman–Crippen MR) is 113 cm³/mol. The number of likely N-dealkylation sites (tertiary alicyclic amines) is 1. The Hall–Kier alpha value is -2.63. The van der Waals surface area contributed by atoms with E-state index in [1.54, 1.807) is 7.11 Å². The Morgan fingerprint density at radius 1 is 1.20 bits per heavy atom. The molecule has 3 aromatic rings. The number of hydrogen-bond acceptors (Lipinski definition) is 5. The highest BCUT2D eigenvalue weighted by Gasteiger charge is 2.72. The molecule has 30 heavy (non-hydrogen) atoms. The average Bonchev–Trinajstić information content (AvgIpc) is 3.10. The molecule has 5 heteroatoms. The van der Waals surface area contributed by atoms with Crippen LogP contribution in [0.25, 0.3) is 10.9 Å². The van der Waals surface area contributed by atoms with Crippen LogP contribution < -0.4 is 9.47 Å². The summed E-state index contributed by atoms with van der Waals surface area (Å²) in [5.74, 6) is 1.56. The van der Waals surface area contributed by atoms with Crippen molar-refractivity contribution in [2.75, 3.05) is 20.7 Å². The summed E-state index contributed by atoms with van der Waals surface area (Å²) in [6.07, 6.45) is 1.98. The van der Waals surface area contributed by atoms with Gasteiger partial charge in [-0.15, -0.1) is 0 Å². The molecule has 1 fully saturated rings. The minimum atomic E-state index is -0.896. The minimum absolute atomic E-state index is 0.0591. The number of rotatable bonds is 1. The summed E-state index contributed by atoms with van der Waals surface area (Å²) < 4.78 is 12.4. The SMILES string of the molecule is COc1ccc2c3c1OC1c4nc5ccccc5cc4CC4(O)[C@H](C2)N(C)CC[C@]314. The highest BCUT2D eigenvalue weighted by atomic mass is 16.5. The molecule has 7 rings (SSSR count). The molecule has 2 aliphatic carbocycles. The molecule has 1 spiro atoms. The third kappa shape index (κ3) is 1.73. The molecule has 152 valence electrons. The van der Waals surface area contributed by atoms with Gasteiger partial charge in [-0.2, -0.15) is 0 Å². The lowest BCUT2D eigenvalue weighted by Gasteiger charge is -2.62.